The Hall–Kier alpha value is -2.08. The number of benzene rings is 1. The topological polar surface area (TPSA) is 72.9 Å². The Kier molecular flexibility index (Phi) is 6.94. The second-order valence-electron chi connectivity index (χ2n) is 8.40. The molecule has 3 rings (SSSR count). The lowest BCUT2D eigenvalue weighted by Crippen LogP contribution is -2.51. The fourth-order valence-corrected chi connectivity index (χ4v) is 4.42. The zero-order valence-electron chi connectivity index (χ0n) is 16.9. The van der Waals surface area contributed by atoms with Gasteiger partial charge in [0.25, 0.3) is 0 Å². The molecule has 1 aromatic carbocycles. The molecule has 28 heavy (non-hydrogen) atoms. The number of amides is 2. The molecule has 2 N–H and O–H groups in total. The fraction of sp³-hybridized carbons (Fsp3) is 0.636. The largest absolute Gasteiger partial charge is 0.481 e. The van der Waals surface area contributed by atoms with Crippen LogP contribution < -0.4 is 5.32 Å². The minimum absolute atomic E-state index is 0.106. The third-order valence-electron chi connectivity index (χ3n) is 6.59. The van der Waals surface area contributed by atoms with Crippen LogP contribution in [-0.4, -0.2) is 59.6 Å². The molecule has 0 saturated carbocycles. The third-order valence-corrected chi connectivity index (χ3v) is 6.59. The molecule has 2 saturated heterocycles. The van der Waals surface area contributed by atoms with Gasteiger partial charge >= 0.3 is 12.0 Å². The van der Waals surface area contributed by atoms with Gasteiger partial charge in [-0.3, -0.25) is 9.69 Å². The van der Waals surface area contributed by atoms with Gasteiger partial charge in [-0.2, -0.15) is 0 Å². The number of rotatable bonds is 6. The van der Waals surface area contributed by atoms with Gasteiger partial charge in [-0.15, -0.1) is 0 Å². The van der Waals surface area contributed by atoms with Crippen LogP contribution >= 0.6 is 0 Å². The smallest absolute Gasteiger partial charge is 0.317 e. The van der Waals surface area contributed by atoms with E-state index in [1.165, 1.54) is 5.56 Å². The Morgan fingerprint density at radius 2 is 1.89 bits per heavy atom. The fourth-order valence-electron chi connectivity index (χ4n) is 4.42. The van der Waals surface area contributed by atoms with Crippen LogP contribution in [0.5, 0.6) is 0 Å². The van der Waals surface area contributed by atoms with E-state index in [-0.39, 0.29) is 11.4 Å². The third kappa shape index (κ3) is 5.25. The molecule has 0 bridgehead atoms. The van der Waals surface area contributed by atoms with Crippen molar-refractivity contribution in [3.63, 3.8) is 0 Å². The Balaban J connectivity index is 1.47. The number of nitrogens with zero attached hydrogens (tertiary/aromatic N) is 2. The highest BCUT2D eigenvalue weighted by Crippen LogP contribution is 2.34. The van der Waals surface area contributed by atoms with E-state index >= 15 is 0 Å². The normalized spacial score (nSPS) is 22.6. The summed E-state index contributed by atoms with van der Waals surface area (Å²) in [6.45, 7) is 6.94. The van der Waals surface area contributed by atoms with Crippen molar-refractivity contribution in [1.82, 2.24) is 15.1 Å². The number of carbonyl (C=O) groups is 2. The van der Waals surface area contributed by atoms with E-state index in [0.29, 0.717) is 26.1 Å². The molecular weight excluding hydrogens is 354 g/mol. The summed E-state index contributed by atoms with van der Waals surface area (Å²) in [5, 5.41) is 12.3. The van der Waals surface area contributed by atoms with Gasteiger partial charge in [0.15, 0.2) is 0 Å². The second kappa shape index (κ2) is 9.41. The second-order valence-corrected chi connectivity index (χ2v) is 8.40. The van der Waals surface area contributed by atoms with Crippen LogP contribution in [0.1, 0.15) is 44.6 Å². The van der Waals surface area contributed by atoms with Gasteiger partial charge < -0.3 is 15.3 Å². The Morgan fingerprint density at radius 3 is 2.54 bits per heavy atom. The standard InChI is InChI=1S/C22H33N3O3/c1-2-22(10-13-24(14-11-22)15-18-7-4-3-5-8-18)17-23-21(28)25-12-6-9-19(16-25)20(26)27/h3-5,7-8,19H,2,6,9-17H2,1H3,(H,23,28)(H,26,27). The summed E-state index contributed by atoms with van der Waals surface area (Å²) in [6.07, 6.45) is 4.62. The van der Waals surface area contributed by atoms with Crippen LogP contribution in [0.25, 0.3) is 0 Å². The summed E-state index contributed by atoms with van der Waals surface area (Å²) >= 11 is 0. The molecule has 2 aliphatic rings. The molecule has 2 amide bonds. The van der Waals surface area contributed by atoms with E-state index in [2.05, 4.69) is 41.4 Å². The van der Waals surface area contributed by atoms with Gasteiger partial charge in [-0.05, 0) is 56.2 Å². The van der Waals surface area contributed by atoms with E-state index in [1.807, 2.05) is 6.07 Å². The van der Waals surface area contributed by atoms with Crippen molar-refractivity contribution in [2.24, 2.45) is 11.3 Å². The van der Waals surface area contributed by atoms with Crippen molar-refractivity contribution in [3.8, 4) is 0 Å². The van der Waals surface area contributed by atoms with E-state index in [4.69, 9.17) is 0 Å². The quantitative estimate of drug-likeness (QED) is 0.786. The number of nitrogens with one attached hydrogen (secondary N) is 1. The van der Waals surface area contributed by atoms with Gasteiger partial charge in [0.1, 0.15) is 0 Å². The molecule has 2 heterocycles. The minimum Gasteiger partial charge on any atom is -0.481 e. The molecule has 6 heteroatoms. The molecule has 1 aromatic rings. The van der Waals surface area contributed by atoms with Gasteiger partial charge in [-0.1, -0.05) is 37.3 Å². The average Bonchev–Trinajstić information content (AvgIpc) is 2.74. The molecule has 0 radical (unpaired) electrons. The van der Waals surface area contributed by atoms with Gasteiger partial charge in [-0.25, -0.2) is 4.79 Å². The van der Waals surface area contributed by atoms with Crippen molar-refractivity contribution in [2.45, 2.75) is 45.6 Å². The predicted molar refractivity (Wildman–Crippen MR) is 109 cm³/mol. The van der Waals surface area contributed by atoms with E-state index in [9.17, 15) is 14.7 Å². The number of aliphatic carboxylic acids is 1. The molecule has 0 aliphatic carbocycles. The van der Waals surface area contributed by atoms with E-state index in [1.54, 1.807) is 4.90 Å². The maximum absolute atomic E-state index is 12.6. The first-order chi connectivity index (χ1) is 13.5. The highest BCUT2D eigenvalue weighted by atomic mass is 16.4. The molecule has 0 spiro atoms. The molecule has 0 aromatic heterocycles. The minimum atomic E-state index is -0.798. The number of likely N-dealkylation sites (tertiary alicyclic amines) is 2. The first-order valence-corrected chi connectivity index (χ1v) is 10.5. The summed E-state index contributed by atoms with van der Waals surface area (Å²) in [4.78, 5) is 28.0. The Morgan fingerprint density at radius 1 is 1.18 bits per heavy atom. The van der Waals surface area contributed by atoms with E-state index in [0.717, 1.165) is 45.3 Å². The average molecular weight is 388 g/mol. The molecule has 154 valence electrons. The molecule has 2 aliphatic heterocycles. The number of carbonyl (C=O) groups excluding carboxylic acids is 1. The van der Waals surface area contributed by atoms with E-state index < -0.39 is 11.9 Å². The number of urea groups is 1. The monoisotopic (exact) mass is 387 g/mol. The Labute approximate surface area is 167 Å². The summed E-state index contributed by atoms with van der Waals surface area (Å²) in [6, 6.07) is 10.5. The van der Waals surface area contributed by atoms with Crippen molar-refractivity contribution < 1.29 is 14.7 Å². The van der Waals surface area contributed by atoms with Crippen LogP contribution in [0.3, 0.4) is 0 Å². The Bertz CT molecular complexity index is 656. The van der Waals surface area contributed by atoms with Crippen molar-refractivity contribution in [3.05, 3.63) is 35.9 Å². The van der Waals surface area contributed by atoms with Crippen molar-refractivity contribution in [2.75, 3.05) is 32.7 Å². The summed E-state index contributed by atoms with van der Waals surface area (Å²) in [5.41, 5.74) is 1.49. The molecule has 2 fully saturated rings. The maximum atomic E-state index is 12.6. The van der Waals surface area contributed by atoms with Crippen LogP contribution in [-0.2, 0) is 11.3 Å². The van der Waals surface area contributed by atoms with Gasteiger partial charge in [0.2, 0.25) is 0 Å². The number of carboxylic acids is 1. The number of hydrogen-bond acceptors (Lipinski definition) is 3. The van der Waals surface area contributed by atoms with Crippen molar-refractivity contribution >= 4 is 12.0 Å². The zero-order chi connectivity index (χ0) is 20.0. The molecule has 6 nitrogen and oxygen atoms in total. The number of hydrogen-bond donors (Lipinski definition) is 2. The lowest BCUT2D eigenvalue weighted by molar-refractivity contribution is -0.143. The van der Waals surface area contributed by atoms with Gasteiger partial charge in [0, 0.05) is 26.2 Å². The van der Waals surface area contributed by atoms with Crippen LogP contribution in [0.15, 0.2) is 30.3 Å². The number of carboxylic acid groups (broad SMARTS) is 1. The first-order valence-electron chi connectivity index (χ1n) is 10.5. The highest BCUT2D eigenvalue weighted by Gasteiger charge is 2.34. The molecular formula is C22H33N3O3. The zero-order valence-corrected chi connectivity index (χ0v) is 16.9. The first kappa shape index (κ1) is 20.6. The van der Waals surface area contributed by atoms with Crippen LogP contribution in [0.2, 0.25) is 0 Å². The van der Waals surface area contributed by atoms with Gasteiger partial charge in [0.05, 0.1) is 5.92 Å². The molecule has 1 unspecified atom stereocenters. The predicted octanol–water partition coefficient (Wildman–Crippen LogP) is 3.19. The number of piperidine rings is 2. The summed E-state index contributed by atoms with van der Waals surface area (Å²) in [5.74, 6) is -1.23. The summed E-state index contributed by atoms with van der Waals surface area (Å²) in [7, 11) is 0. The SMILES string of the molecule is CCC1(CNC(=O)N2CCCC(C(=O)O)C2)CCN(Cc2ccccc2)CC1. The summed E-state index contributed by atoms with van der Waals surface area (Å²) < 4.78 is 0. The van der Waals surface area contributed by atoms with Crippen molar-refractivity contribution in [1.29, 1.82) is 0 Å². The maximum Gasteiger partial charge on any atom is 0.317 e. The lowest BCUT2D eigenvalue weighted by atomic mass is 9.76. The van der Waals surface area contributed by atoms with Crippen LogP contribution in [0, 0.1) is 11.3 Å². The van der Waals surface area contributed by atoms with Crippen LogP contribution in [0.4, 0.5) is 4.79 Å². The molecule has 1 atom stereocenters. The lowest BCUT2D eigenvalue weighted by Gasteiger charge is -2.42. The highest BCUT2D eigenvalue weighted by molar-refractivity contribution is 5.76.